The molecule has 1 rings (SSSR count). The van der Waals surface area contributed by atoms with Gasteiger partial charge in [-0.1, -0.05) is 37.3 Å². The fourth-order valence-corrected chi connectivity index (χ4v) is 1.38. The van der Waals surface area contributed by atoms with Crippen molar-refractivity contribution >= 4 is 5.78 Å². The molecule has 0 aliphatic rings. The monoisotopic (exact) mass is 207 g/mol. The van der Waals surface area contributed by atoms with Crippen LogP contribution in [0.2, 0.25) is 0 Å². The van der Waals surface area contributed by atoms with Gasteiger partial charge in [0.15, 0.2) is 0 Å². The third kappa shape index (κ3) is 3.16. The van der Waals surface area contributed by atoms with Gasteiger partial charge in [-0.3, -0.25) is 14.9 Å². The zero-order valence-electron chi connectivity index (χ0n) is 8.55. The van der Waals surface area contributed by atoms with E-state index in [-0.39, 0.29) is 18.6 Å². The molecule has 1 unspecified atom stereocenters. The number of hydrogen-bond acceptors (Lipinski definition) is 3. The minimum Gasteiger partial charge on any atom is -0.292 e. The molecule has 0 saturated heterocycles. The first-order valence-corrected chi connectivity index (χ1v) is 4.85. The summed E-state index contributed by atoms with van der Waals surface area (Å²) in [5.41, 5.74) is 0.820. The summed E-state index contributed by atoms with van der Waals surface area (Å²) in [6.45, 7) is 1.64. The third-order valence-electron chi connectivity index (χ3n) is 2.25. The molecule has 15 heavy (non-hydrogen) atoms. The van der Waals surface area contributed by atoms with Crippen LogP contribution in [0.1, 0.15) is 18.9 Å². The zero-order valence-corrected chi connectivity index (χ0v) is 8.55. The Morgan fingerprint density at radius 1 is 1.40 bits per heavy atom. The second-order valence-electron chi connectivity index (χ2n) is 3.31. The topological polar surface area (TPSA) is 60.2 Å². The minimum atomic E-state index is -1.10. The SMILES string of the molecule is CCC(=O)C(Cc1ccccc1)[N+](=O)[O-]. The van der Waals surface area contributed by atoms with Crippen molar-refractivity contribution in [2.75, 3.05) is 0 Å². The molecule has 0 fully saturated rings. The van der Waals surface area contributed by atoms with E-state index in [0.717, 1.165) is 5.56 Å². The van der Waals surface area contributed by atoms with E-state index in [4.69, 9.17) is 0 Å². The predicted octanol–water partition coefficient (Wildman–Crippen LogP) is 1.85. The first-order chi connectivity index (χ1) is 7.15. The van der Waals surface area contributed by atoms with E-state index < -0.39 is 11.0 Å². The molecule has 0 saturated carbocycles. The second kappa shape index (κ2) is 5.24. The van der Waals surface area contributed by atoms with E-state index in [1.54, 1.807) is 19.1 Å². The van der Waals surface area contributed by atoms with Gasteiger partial charge in [0.05, 0.1) is 0 Å². The number of nitro groups is 1. The van der Waals surface area contributed by atoms with Crippen molar-refractivity contribution in [2.45, 2.75) is 25.8 Å². The molecule has 0 aliphatic carbocycles. The smallest absolute Gasteiger partial charge is 0.274 e. The summed E-state index contributed by atoms with van der Waals surface area (Å²) < 4.78 is 0. The quantitative estimate of drug-likeness (QED) is 0.546. The van der Waals surface area contributed by atoms with E-state index >= 15 is 0 Å². The van der Waals surface area contributed by atoms with Crippen LogP contribution in [0.3, 0.4) is 0 Å². The van der Waals surface area contributed by atoms with Crippen molar-refractivity contribution in [3.63, 3.8) is 0 Å². The lowest BCUT2D eigenvalue weighted by molar-refractivity contribution is -0.507. The number of ketones is 1. The van der Waals surface area contributed by atoms with Gasteiger partial charge in [-0.25, -0.2) is 0 Å². The number of nitrogens with zero attached hydrogens (tertiary/aromatic N) is 1. The van der Waals surface area contributed by atoms with Crippen molar-refractivity contribution < 1.29 is 9.72 Å². The van der Waals surface area contributed by atoms with E-state index in [1.807, 2.05) is 18.2 Å². The first-order valence-electron chi connectivity index (χ1n) is 4.85. The lowest BCUT2D eigenvalue weighted by Gasteiger charge is -2.06. The first kappa shape index (κ1) is 11.4. The van der Waals surface area contributed by atoms with Gasteiger partial charge < -0.3 is 0 Å². The van der Waals surface area contributed by atoms with Crippen LogP contribution in [0.4, 0.5) is 0 Å². The fourth-order valence-electron chi connectivity index (χ4n) is 1.38. The van der Waals surface area contributed by atoms with Crippen molar-refractivity contribution in [2.24, 2.45) is 0 Å². The summed E-state index contributed by atoms with van der Waals surface area (Å²) in [5, 5.41) is 10.7. The maximum atomic E-state index is 11.3. The van der Waals surface area contributed by atoms with E-state index in [9.17, 15) is 14.9 Å². The molecular weight excluding hydrogens is 194 g/mol. The summed E-state index contributed by atoms with van der Waals surface area (Å²) in [4.78, 5) is 21.5. The summed E-state index contributed by atoms with van der Waals surface area (Å²) in [6.07, 6.45) is 0.388. The summed E-state index contributed by atoms with van der Waals surface area (Å²) in [7, 11) is 0. The summed E-state index contributed by atoms with van der Waals surface area (Å²) in [6, 6.07) is 7.94. The lowest BCUT2D eigenvalue weighted by Crippen LogP contribution is -2.31. The maximum Gasteiger partial charge on any atom is 0.274 e. The largest absolute Gasteiger partial charge is 0.292 e. The molecule has 1 aromatic carbocycles. The molecule has 4 nitrogen and oxygen atoms in total. The Morgan fingerprint density at radius 2 is 2.00 bits per heavy atom. The number of carbonyl (C=O) groups is 1. The number of Topliss-reactive ketones (excluding diaryl/α,β-unsaturated/α-hetero) is 1. The number of benzene rings is 1. The van der Waals surface area contributed by atoms with E-state index in [0.29, 0.717) is 0 Å². The van der Waals surface area contributed by atoms with Gasteiger partial charge in [0.1, 0.15) is 0 Å². The lowest BCUT2D eigenvalue weighted by atomic mass is 10.0. The third-order valence-corrected chi connectivity index (χ3v) is 2.25. The molecule has 0 heterocycles. The van der Waals surface area contributed by atoms with Crippen molar-refractivity contribution in [1.29, 1.82) is 0 Å². The van der Waals surface area contributed by atoms with Crippen LogP contribution >= 0.6 is 0 Å². The Kier molecular flexibility index (Phi) is 3.97. The standard InChI is InChI=1S/C11H13NO3/c1-2-11(13)10(12(14)15)8-9-6-4-3-5-7-9/h3-7,10H,2,8H2,1H3. The Morgan fingerprint density at radius 3 is 2.47 bits per heavy atom. The average molecular weight is 207 g/mol. The van der Waals surface area contributed by atoms with Crippen LogP contribution in [-0.4, -0.2) is 16.7 Å². The van der Waals surface area contributed by atoms with Gasteiger partial charge in [-0.2, -0.15) is 0 Å². The van der Waals surface area contributed by atoms with Crippen LogP contribution < -0.4 is 0 Å². The molecule has 0 amide bonds. The average Bonchev–Trinajstić information content (AvgIpc) is 2.26. The minimum absolute atomic E-state index is 0.181. The molecular formula is C11H13NO3. The second-order valence-corrected chi connectivity index (χ2v) is 3.31. The highest BCUT2D eigenvalue weighted by Gasteiger charge is 2.27. The Balaban J connectivity index is 2.76. The van der Waals surface area contributed by atoms with Crippen molar-refractivity contribution in [3.05, 3.63) is 46.0 Å². The number of rotatable bonds is 5. The van der Waals surface area contributed by atoms with E-state index in [1.165, 1.54) is 0 Å². The van der Waals surface area contributed by atoms with Gasteiger partial charge >= 0.3 is 0 Å². The molecule has 0 radical (unpaired) electrons. The molecule has 4 heteroatoms. The molecule has 0 aromatic heterocycles. The Labute approximate surface area is 88.1 Å². The molecule has 0 spiro atoms. The van der Waals surface area contributed by atoms with Gasteiger partial charge in [0, 0.05) is 17.8 Å². The van der Waals surface area contributed by atoms with Gasteiger partial charge in [0.25, 0.3) is 6.04 Å². The van der Waals surface area contributed by atoms with Crippen LogP contribution in [0, 0.1) is 10.1 Å². The van der Waals surface area contributed by atoms with Crippen LogP contribution in [-0.2, 0) is 11.2 Å². The number of hydrogen-bond donors (Lipinski definition) is 0. The molecule has 1 atom stereocenters. The normalized spacial score (nSPS) is 12.1. The predicted molar refractivity (Wildman–Crippen MR) is 56.2 cm³/mol. The maximum absolute atomic E-state index is 11.3. The molecule has 0 N–H and O–H groups in total. The van der Waals surface area contributed by atoms with Gasteiger partial charge in [-0.15, -0.1) is 0 Å². The highest BCUT2D eigenvalue weighted by atomic mass is 16.6. The van der Waals surface area contributed by atoms with Crippen LogP contribution in [0.25, 0.3) is 0 Å². The van der Waals surface area contributed by atoms with Crippen molar-refractivity contribution in [1.82, 2.24) is 0 Å². The van der Waals surface area contributed by atoms with E-state index in [2.05, 4.69) is 0 Å². The van der Waals surface area contributed by atoms with Crippen molar-refractivity contribution in [3.8, 4) is 0 Å². The molecule has 0 bridgehead atoms. The summed E-state index contributed by atoms with van der Waals surface area (Å²) >= 11 is 0. The van der Waals surface area contributed by atoms with Gasteiger partial charge in [-0.05, 0) is 5.56 Å². The van der Waals surface area contributed by atoms with Gasteiger partial charge in [0.2, 0.25) is 5.78 Å². The summed E-state index contributed by atoms with van der Waals surface area (Å²) in [5.74, 6) is -0.316. The fraction of sp³-hybridized carbons (Fsp3) is 0.364. The highest BCUT2D eigenvalue weighted by Crippen LogP contribution is 2.07. The van der Waals surface area contributed by atoms with Crippen LogP contribution in [0.5, 0.6) is 0 Å². The van der Waals surface area contributed by atoms with Crippen LogP contribution in [0.15, 0.2) is 30.3 Å². The molecule has 80 valence electrons. The molecule has 1 aromatic rings. The molecule has 0 aliphatic heterocycles. The Bertz CT molecular complexity index is 348. The Hall–Kier alpha value is -1.71. The zero-order chi connectivity index (χ0) is 11.3. The number of carbonyl (C=O) groups excluding carboxylic acids is 1. The highest BCUT2D eigenvalue weighted by molar-refractivity contribution is 5.82.